The summed E-state index contributed by atoms with van der Waals surface area (Å²) in [6.45, 7) is 2.57. The van der Waals surface area contributed by atoms with Gasteiger partial charge in [0.2, 0.25) is 0 Å². The molecule has 0 amide bonds. The Labute approximate surface area is 77.1 Å². The third-order valence-corrected chi connectivity index (χ3v) is 11.3. The van der Waals surface area contributed by atoms with E-state index < -0.39 is 35.6 Å². The van der Waals surface area contributed by atoms with Crippen LogP contribution in [0, 0.1) is 0 Å². The molecule has 0 rings (SSSR count). The van der Waals surface area contributed by atoms with E-state index in [1.54, 1.807) is 0 Å². The maximum atomic E-state index is 9.68. The van der Waals surface area contributed by atoms with Gasteiger partial charge in [0.05, 0.1) is 0 Å². The van der Waals surface area contributed by atoms with Crippen molar-refractivity contribution in [3.8, 4) is 0 Å². The van der Waals surface area contributed by atoms with Crippen LogP contribution in [0.25, 0.3) is 0 Å². The van der Waals surface area contributed by atoms with Gasteiger partial charge in [-0.3, -0.25) is 0 Å². The van der Waals surface area contributed by atoms with E-state index in [1.165, 1.54) is 0 Å². The SMILES string of the molecule is O=C(O)[AsH][SbH][PH2].[InH3]. The second-order valence-electron chi connectivity index (χ2n) is 0.574. The number of carboxylic acid groups (broad SMARTS) is 1. The van der Waals surface area contributed by atoms with Gasteiger partial charge in [0.1, 0.15) is 0 Å². The van der Waals surface area contributed by atoms with E-state index in [-0.39, 0.29) is 25.8 Å². The molecule has 0 aliphatic rings. The second kappa shape index (κ2) is 8.15. The van der Waals surface area contributed by atoms with Crippen LogP contribution in [0.1, 0.15) is 0 Å². The van der Waals surface area contributed by atoms with E-state index in [0.717, 1.165) is 0 Å². The Morgan fingerprint density at radius 3 is 2.29 bits per heavy atom. The first kappa shape index (κ1) is 11.9. The van der Waals surface area contributed by atoms with E-state index in [4.69, 9.17) is 5.11 Å². The molecule has 42 valence electrons. The third-order valence-electron chi connectivity index (χ3n) is 0.179. The molecule has 2 nitrogen and oxygen atoms in total. The summed E-state index contributed by atoms with van der Waals surface area (Å²) in [5.41, 5.74) is 0. The molecule has 2 unspecified atom stereocenters. The van der Waals surface area contributed by atoms with Crippen molar-refractivity contribution in [3.63, 3.8) is 0 Å². The summed E-state index contributed by atoms with van der Waals surface area (Å²) in [7, 11) is 0. The summed E-state index contributed by atoms with van der Waals surface area (Å²) >= 11 is -0.899. The van der Waals surface area contributed by atoms with E-state index in [1.807, 2.05) is 0 Å². The Hall–Kier alpha value is 2.15. The Kier molecular flexibility index (Phi) is 13.8. The van der Waals surface area contributed by atoms with Crippen LogP contribution >= 0.6 is 6.81 Å². The van der Waals surface area contributed by atoms with E-state index >= 15 is 0 Å². The number of hydrogen-bond donors (Lipinski definition) is 1. The van der Waals surface area contributed by atoms with Crippen molar-refractivity contribution in [3.05, 3.63) is 0 Å². The van der Waals surface area contributed by atoms with E-state index in [2.05, 4.69) is 6.81 Å². The van der Waals surface area contributed by atoms with Crippen LogP contribution in [0.2, 0.25) is 0 Å². The summed E-state index contributed by atoms with van der Waals surface area (Å²) in [5.74, 6) is 0. The van der Waals surface area contributed by atoms with Gasteiger partial charge >= 0.3 is 78.2 Å². The summed E-state index contributed by atoms with van der Waals surface area (Å²) < 4.78 is -0.531. The van der Waals surface area contributed by atoms with Crippen molar-refractivity contribution >= 4 is 68.3 Å². The van der Waals surface area contributed by atoms with Crippen LogP contribution in [0.15, 0.2) is 0 Å². The first-order chi connectivity index (χ1) is 2.77. The Balaban J connectivity index is 0. The van der Waals surface area contributed by atoms with Crippen LogP contribution in [-0.2, 0) is 0 Å². The van der Waals surface area contributed by atoms with E-state index in [9.17, 15) is 4.79 Å². The molecule has 0 spiro atoms. The molecule has 0 radical (unpaired) electrons. The predicted octanol–water partition coefficient (Wildman–Crippen LogP) is -1.94. The molecule has 0 aromatic rings. The standard InChI is InChI=1S/CH2AsO2.In.H2P.Sb.4H/c2-1(3)4;;;;;;;/h2H,(H,3,4);;1H2;;;;;/q-1;;-1;+2;;;;. The average molecular weight is 395 g/mol. The summed E-state index contributed by atoms with van der Waals surface area (Å²) in [5, 5.41) is 8.00. The predicted molar refractivity (Wildman–Crippen MR) is 42.0 cm³/mol. The van der Waals surface area contributed by atoms with Crippen LogP contribution in [0.3, 0.4) is 0 Å². The summed E-state index contributed by atoms with van der Waals surface area (Å²) in [6.07, 6.45) is 0. The Bertz CT molecular complexity index is 61.7. The molecule has 7 heavy (non-hydrogen) atoms. The molecular weight excluding hydrogens is 386 g/mol. The first-order valence-corrected chi connectivity index (χ1v) is 16.3. The zero-order valence-corrected chi connectivity index (χ0v) is 9.04. The first-order valence-electron chi connectivity index (χ1n) is 1.22. The molecule has 0 fully saturated rings. The van der Waals surface area contributed by atoms with Crippen LogP contribution in [0.4, 0.5) is 4.79 Å². The molecule has 1 N–H and O–H groups in total. The Morgan fingerprint density at radius 2 is 2.29 bits per heavy atom. The quantitative estimate of drug-likeness (QED) is 0.437. The summed E-state index contributed by atoms with van der Waals surface area (Å²) in [4.78, 5) is 9.68. The topological polar surface area (TPSA) is 37.3 Å². The molecule has 0 aromatic carbocycles. The molecule has 0 aliphatic carbocycles. The molecule has 0 saturated carbocycles. The molecule has 0 aromatic heterocycles. The van der Waals surface area contributed by atoms with Crippen molar-refractivity contribution in [2.75, 3.05) is 0 Å². The molecular formula is CH8AsInO2PSb. The van der Waals surface area contributed by atoms with E-state index in [0.29, 0.717) is 0 Å². The number of carbonyl (C=O) groups is 1. The zero-order valence-electron chi connectivity index (χ0n) is 2.93. The monoisotopic (exact) mass is 394 g/mol. The third kappa shape index (κ3) is 11.6. The van der Waals surface area contributed by atoms with Gasteiger partial charge in [-0.15, -0.1) is 0 Å². The van der Waals surface area contributed by atoms with Gasteiger partial charge in [-0.05, 0) is 0 Å². The molecule has 6 heteroatoms. The van der Waals surface area contributed by atoms with Crippen molar-refractivity contribution in [2.24, 2.45) is 0 Å². The van der Waals surface area contributed by atoms with Gasteiger partial charge in [0.25, 0.3) is 0 Å². The number of hydrogen-bond acceptors (Lipinski definition) is 1. The van der Waals surface area contributed by atoms with Crippen molar-refractivity contribution in [1.82, 2.24) is 0 Å². The van der Waals surface area contributed by atoms with Crippen molar-refractivity contribution < 1.29 is 9.90 Å². The fraction of sp³-hybridized carbons (Fsp3) is 0. The molecule has 0 heterocycles. The van der Waals surface area contributed by atoms with Crippen molar-refractivity contribution in [1.29, 1.82) is 0 Å². The van der Waals surface area contributed by atoms with Crippen LogP contribution in [0.5, 0.6) is 0 Å². The minimum absolute atomic E-state index is 0. The average Bonchev–Trinajstić information content (AvgIpc) is 1.35. The molecule has 2 atom stereocenters. The fourth-order valence-corrected chi connectivity index (χ4v) is 6.46. The molecule has 0 aliphatic heterocycles. The van der Waals surface area contributed by atoms with Gasteiger partial charge in [0.15, 0.2) is 0 Å². The number of rotatable bonds is 2. The van der Waals surface area contributed by atoms with Gasteiger partial charge in [-0.1, -0.05) is 0 Å². The zero-order chi connectivity index (χ0) is 4.99. The normalized spacial score (nSPS) is 8.71. The summed E-state index contributed by atoms with van der Waals surface area (Å²) in [6, 6.07) is 0. The Morgan fingerprint density at radius 1 is 1.86 bits per heavy atom. The molecule has 0 saturated heterocycles. The van der Waals surface area contributed by atoms with Gasteiger partial charge in [0, 0.05) is 0 Å². The fourth-order valence-electron chi connectivity index (χ4n) is 0.0617. The van der Waals surface area contributed by atoms with Gasteiger partial charge in [-0.25, -0.2) is 0 Å². The second-order valence-corrected chi connectivity index (χ2v) is 20.7. The van der Waals surface area contributed by atoms with Gasteiger partial charge in [-0.2, -0.15) is 0 Å². The minimum atomic E-state index is -0.531. The van der Waals surface area contributed by atoms with Gasteiger partial charge < -0.3 is 0 Å². The van der Waals surface area contributed by atoms with Crippen molar-refractivity contribution in [2.45, 2.75) is 0 Å². The van der Waals surface area contributed by atoms with Crippen LogP contribution < -0.4 is 0 Å². The molecule has 0 bridgehead atoms. The maximum absolute atomic E-state index is 9.68. The van der Waals surface area contributed by atoms with Crippen LogP contribution in [-0.4, -0.2) is 66.6 Å².